The minimum absolute atomic E-state index is 0.0235. The van der Waals surface area contributed by atoms with Gasteiger partial charge in [-0.2, -0.15) is 5.10 Å². The van der Waals surface area contributed by atoms with E-state index in [1.807, 2.05) is 11.8 Å². The number of aromatic nitrogens is 2. The summed E-state index contributed by atoms with van der Waals surface area (Å²) in [7, 11) is 0. The number of nitrogens with one attached hydrogen (secondary N) is 1. The summed E-state index contributed by atoms with van der Waals surface area (Å²) in [6, 6.07) is 0. The van der Waals surface area contributed by atoms with Crippen LogP contribution in [0.4, 0.5) is 0 Å². The molecule has 1 aromatic rings. The number of aromatic amines is 1. The Morgan fingerprint density at radius 1 is 1.21 bits per heavy atom. The van der Waals surface area contributed by atoms with E-state index in [9.17, 15) is 4.79 Å². The summed E-state index contributed by atoms with van der Waals surface area (Å²) in [6.45, 7) is 7.48. The van der Waals surface area contributed by atoms with Crippen molar-refractivity contribution in [3.63, 3.8) is 0 Å². The normalized spacial score (nSPS) is 29.5. The van der Waals surface area contributed by atoms with Gasteiger partial charge >= 0.3 is 0 Å². The van der Waals surface area contributed by atoms with Crippen molar-refractivity contribution in [2.75, 3.05) is 26.3 Å². The van der Waals surface area contributed by atoms with Gasteiger partial charge in [0.05, 0.1) is 17.9 Å². The molecule has 1 amide bonds. The Kier molecular flexibility index (Phi) is 4.12. The summed E-state index contributed by atoms with van der Waals surface area (Å²) in [4.78, 5) is 15.0. The molecular weight excluding hydrogens is 306 g/mol. The predicted octanol–water partition coefficient (Wildman–Crippen LogP) is 2.46. The molecule has 0 aromatic carbocycles. The van der Waals surface area contributed by atoms with Gasteiger partial charge in [-0.1, -0.05) is 0 Å². The molecule has 3 aliphatic rings. The van der Waals surface area contributed by atoms with Crippen LogP contribution in [-0.4, -0.2) is 53.4 Å². The number of amides is 1. The van der Waals surface area contributed by atoms with Crippen LogP contribution in [0.2, 0.25) is 0 Å². The third kappa shape index (κ3) is 2.75. The first kappa shape index (κ1) is 16.1. The maximum atomic E-state index is 13.0. The number of ether oxygens (including phenoxy) is 2. The molecule has 4 rings (SSSR count). The lowest BCUT2D eigenvalue weighted by molar-refractivity contribution is -0.0177. The Bertz CT molecular complexity index is 611. The number of hydrogen-bond donors (Lipinski definition) is 1. The number of fused-ring (bicyclic) bond motifs is 1. The fourth-order valence-electron chi connectivity index (χ4n) is 4.49. The fraction of sp³-hybridized carbons (Fsp3) is 0.778. The molecule has 0 radical (unpaired) electrons. The number of carbonyl (C=O) groups excluding carboxylic acids is 1. The van der Waals surface area contributed by atoms with Crippen molar-refractivity contribution in [3.8, 4) is 0 Å². The Hall–Kier alpha value is -1.40. The van der Waals surface area contributed by atoms with Crippen LogP contribution >= 0.6 is 0 Å². The first-order valence-electron chi connectivity index (χ1n) is 9.18. The van der Waals surface area contributed by atoms with Crippen LogP contribution in [0.3, 0.4) is 0 Å². The summed E-state index contributed by atoms with van der Waals surface area (Å²) < 4.78 is 11.3. The van der Waals surface area contributed by atoms with Crippen LogP contribution in [-0.2, 0) is 15.9 Å². The number of nitrogens with zero attached hydrogens (tertiary/aromatic N) is 2. The molecule has 0 unspecified atom stereocenters. The summed E-state index contributed by atoms with van der Waals surface area (Å²) in [5.74, 6) is 0.0794. The van der Waals surface area contributed by atoms with Gasteiger partial charge in [0.25, 0.3) is 5.91 Å². The van der Waals surface area contributed by atoms with E-state index in [-0.39, 0.29) is 18.1 Å². The van der Waals surface area contributed by atoms with E-state index in [0.717, 1.165) is 69.7 Å². The van der Waals surface area contributed by atoms with Crippen molar-refractivity contribution in [2.24, 2.45) is 5.41 Å². The smallest absolute Gasteiger partial charge is 0.274 e. The molecule has 24 heavy (non-hydrogen) atoms. The molecule has 6 nitrogen and oxygen atoms in total. The highest BCUT2D eigenvalue weighted by Crippen LogP contribution is 2.41. The lowest BCUT2D eigenvalue weighted by Gasteiger charge is -2.44. The molecule has 1 spiro atoms. The van der Waals surface area contributed by atoms with Gasteiger partial charge in [0.1, 0.15) is 0 Å². The number of H-pyrrole nitrogens is 1. The Balaban J connectivity index is 1.48. The molecule has 0 saturated carbocycles. The lowest BCUT2D eigenvalue weighted by Crippen LogP contribution is -2.45. The van der Waals surface area contributed by atoms with Gasteiger partial charge in [-0.05, 0) is 44.9 Å². The summed E-state index contributed by atoms with van der Waals surface area (Å²) in [5.41, 5.74) is 3.03. The first-order chi connectivity index (χ1) is 11.6. The van der Waals surface area contributed by atoms with Crippen LogP contribution < -0.4 is 0 Å². The van der Waals surface area contributed by atoms with Crippen LogP contribution in [0.25, 0.3) is 0 Å². The van der Waals surface area contributed by atoms with Crippen molar-refractivity contribution in [3.05, 3.63) is 17.0 Å². The van der Waals surface area contributed by atoms with E-state index in [1.54, 1.807) is 0 Å². The molecule has 0 aliphatic carbocycles. The molecule has 1 N–H and O–H groups in total. The molecule has 132 valence electrons. The monoisotopic (exact) mass is 333 g/mol. The number of likely N-dealkylation sites (tertiary alicyclic amines) is 1. The number of rotatable bonds is 1. The molecule has 6 heteroatoms. The minimum atomic E-state index is -0.0235. The quantitative estimate of drug-likeness (QED) is 0.857. The van der Waals surface area contributed by atoms with Crippen molar-refractivity contribution >= 4 is 5.91 Å². The maximum Gasteiger partial charge on any atom is 0.274 e. The van der Waals surface area contributed by atoms with Crippen molar-refractivity contribution in [1.29, 1.82) is 0 Å². The van der Waals surface area contributed by atoms with Crippen LogP contribution in [0, 0.1) is 5.41 Å². The average Bonchev–Trinajstić information content (AvgIpc) is 3.00. The summed E-state index contributed by atoms with van der Waals surface area (Å²) >= 11 is 0. The lowest BCUT2D eigenvalue weighted by atomic mass is 9.72. The second kappa shape index (κ2) is 6.15. The van der Waals surface area contributed by atoms with E-state index >= 15 is 0 Å². The Labute approximate surface area is 142 Å². The van der Waals surface area contributed by atoms with Gasteiger partial charge in [-0.15, -0.1) is 0 Å². The number of carbonyl (C=O) groups is 1. The van der Waals surface area contributed by atoms with E-state index < -0.39 is 0 Å². The van der Waals surface area contributed by atoms with Crippen molar-refractivity contribution in [1.82, 2.24) is 15.1 Å². The standard InChI is InChI=1S/C18H27N3O3/c1-12-11-14-15(13(2)24-12)19-20-16(14)17(22)21-7-3-18(4-8-21)5-9-23-10-6-18/h12-13H,3-11H2,1-2H3,(H,19,20)/t12-,13+/m1/s1. The molecule has 2 fully saturated rings. The van der Waals surface area contributed by atoms with Gasteiger partial charge in [-0.3, -0.25) is 9.89 Å². The predicted molar refractivity (Wildman–Crippen MR) is 88.9 cm³/mol. The van der Waals surface area contributed by atoms with Gasteiger partial charge in [0, 0.05) is 38.3 Å². The van der Waals surface area contributed by atoms with Crippen LogP contribution in [0.15, 0.2) is 0 Å². The highest BCUT2D eigenvalue weighted by Gasteiger charge is 2.39. The van der Waals surface area contributed by atoms with Gasteiger partial charge in [0.15, 0.2) is 5.69 Å². The fourth-order valence-corrected chi connectivity index (χ4v) is 4.49. The third-order valence-electron chi connectivity index (χ3n) is 6.10. The van der Waals surface area contributed by atoms with Crippen molar-refractivity contribution < 1.29 is 14.3 Å². The second-order valence-electron chi connectivity index (χ2n) is 7.66. The third-order valence-corrected chi connectivity index (χ3v) is 6.10. The van der Waals surface area contributed by atoms with E-state index in [1.165, 1.54) is 0 Å². The Morgan fingerprint density at radius 2 is 1.92 bits per heavy atom. The number of piperidine rings is 1. The Morgan fingerprint density at radius 3 is 2.62 bits per heavy atom. The molecular formula is C18H27N3O3. The van der Waals surface area contributed by atoms with Gasteiger partial charge < -0.3 is 14.4 Å². The summed E-state index contributed by atoms with van der Waals surface area (Å²) in [6.07, 6.45) is 5.31. The van der Waals surface area contributed by atoms with Crippen LogP contribution in [0.5, 0.6) is 0 Å². The molecule has 2 saturated heterocycles. The molecule has 1 aromatic heterocycles. The van der Waals surface area contributed by atoms with Crippen LogP contribution in [0.1, 0.15) is 67.4 Å². The van der Waals surface area contributed by atoms with E-state index in [4.69, 9.17) is 9.47 Å². The number of hydrogen-bond acceptors (Lipinski definition) is 4. The zero-order valence-electron chi connectivity index (χ0n) is 14.6. The second-order valence-corrected chi connectivity index (χ2v) is 7.66. The first-order valence-corrected chi connectivity index (χ1v) is 9.18. The molecule has 2 atom stereocenters. The molecule has 4 heterocycles. The zero-order valence-corrected chi connectivity index (χ0v) is 14.6. The topological polar surface area (TPSA) is 67.5 Å². The summed E-state index contributed by atoms with van der Waals surface area (Å²) in [5, 5.41) is 7.38. The molecule has 3 aliphatic heterocycles. The zero-order chi connectivity index (χ0) is 16.7. The maximum absolute atomic E-state index is 13.0. The average molecular weight is 333 g/mol. The minimum Gasteiger partial charge on any atom is -0.381 e. The highest BCUT2D eigenvalue weighted by atomic mass is 16.5. The van der Waals surface area contributed by atoms with Gasteiger partial charge in [0.2, 0.25) is 0 Å². The largest absolute Gasteiger partial charge is 0.381 e. The van der Waals surface area contributed by atoms with E-state index in [2.05, 4.69) is 17.1 Å². The SMILES string of the molecule is C[C@@H]1Cc2c(C(=O)N3CCC4(CCOCC4)CC3)n[nH]c2[C@H](C)O1. The van der Waals surface area contributed by atoms with Crippen molar-refractivity contribution in [2.45, 2.75) is 58.2 Å². The van der Waals surface area contributed by atoms with E-state index in [0.29, 0.717) is 11.1 Å². The highest BCUT2D eigenvalue weighted by molar-refractivity contribution is 5.94. The van der Waals surface area contributed by atoms with Gasteiger partial charge in [-0.25, -0.2) is 0 Å². The molecule has 0 bridgehead atoms.